The summed E-state index contributed by atoms with van der Waals surface area (Å²) in [6.45, 7) is 5.42. The molecule has 3 aromatic rings. The Labute approximate surface area is 187 Å². The second-order valence-electron chi connectivity index (χ2n) is 8.43. The van der Waals surface area contributed by atoms with Gasteiger partial charge in [-0.2, -0.15) is 0 Å². The monoisotopic (exact) mass is 432 g/mol. The first-order valence-corrected chi connectivity index (χ1v) is 11.0. The van der Waals surface area contributed by atoms with Crippen LogP contribution in [0, 0.1) is 12.3 Å². The lowest BCUT2D eigenvalue weighted by Gasteiger charge is -2.41. The highest BCUT2D eigenvalue weighted by Crippen LogP contribution is 2.36. The van der Waals surface area contributed by atoms with Crippen molar-refractivity contribution in [3.63, 3.8) is 0 Å². The number of amides is 2. The number of benzene rings is 1. The molecule has 1 N–H and O–H groups in total. The van der Waals surface area contributed by atoms with E-state index in [1.165, 1.54) is 5.56 Å². The van der Waals surface area contributed by atoms with Gasteiger partial charge in [-0.3, -0.25) is 14.6 Å². The lowest BCUT2D eigenvalue weighted by atomic mass is 9.75. The van der Waals surface area contributed by atoms with Crippen molar-refractivity contribution in [3.05, 3.63) is 71.7 Å². The van der Waals surface area contributed by atoms with E-state index >= 15 is 0 Å². The Bertz CT molecular complexity index is 1080. The highest BCUT2D eigenvalue weighted by molar-refractivity contribution is 5.95. The maximum atomic E-state index is 13.2. The summed E-state index contributed by atoms with van der Waals surface area (Å²) < 4.78 is 5.64. The fourth-order valence-electron chi connectivity index (χ4n) is 4.33. The van der Waals surface area contributed by atoms with Crippen molar-refractivity contribution in [2.24, 2.45) is 5.41 Å². The third kappa shape index (κ3) is 4.56. The number of aryl methyl sites for hydroxylation is 1. The summed E-state index contributed by atoms with van der Waals surface area (Å²) in [7, 11) is 0. The lowest BCUT2D eigenvalue weighted by molar-refractivity contribution is -0.133. The molecule has 1 saturated heterocycles. The van der Waals surface area contributed by atoms with E-state index in [0.717, 1.165) is 17.7 Å². The fourth-order valence-corrected chi connectivity index (χ4v) is 4.33. The maximum Gasteiger partial charge on any atom is 0.253 e. The van der Waals surface area contributed by atoms with Gasteiger partial charge in [0.05, 0.1) is 5.41 Å². The molecule has 1 aliphatic rings. The predicted molar refractivity (Wildman–Crippen MR) is 121 cm³/mol. The molecule has 32 heavy (non-hydrogen) atoms. The zero-order valence-corrected chi connectivity index (χ0v) is 18.5. The van der Waals surface area contributed by atoms with E-state index < -0.39 is 5.41 Å². The van der Waals surface area contributed by atoms with E-state index in [1.54, 1.807) is 29.4 Å². The van der Waals surface area contributed by atoms with Gasteiger partial charge in [-0.05, 0) is 38.8 Å². The first-order chi connectivity index (χ1) is 15.5. The Hall–Kier alpha value is -3.48. The van der Waals surface area contributed by atoms with E-state index in [-0.39, 0.29) is 11.8 Å². The van der Waals surface area contributed by atoms with Gasteiger partial charge in [0.2, 0.25) is 5.91 Å². The first-order valence-electron chi connectivity index (χ1n) is 11.0. The van der Waals surface area contributed by atoms with Gasteiger partial charge in [0.1, 0.15) is 11.5 Å². The third-order valence-corrected chi connectivity index (χ3v) is 6.03. The van der Waals surface area contributed by atoms with E-state index in [9.17, 15) is 9.59 Å². The van der Waals surface area contributed by atoms with Crippen molar-refractivity contribution in [3.8, 4) is 11.3 Å². The van der Waals surface area contributed by atoms with Gasteiger partial charge >= 0.3 is 0 Å². The Morgan fingerprint density at radius 1 is 1.16 bits per heavy atom. The number of piperidine rings is 1. The van der Waals surface area contributed by atoms with E-state index in [0.29, 0.717) is 43.8 Å². The van der Waals surface area contributed by atoms with Crippen molar-refractivity contribution in [1.29, 1.82) is 0 Å². The lowest BCUT2D eigenvalue weighted by Crippen LogP contribution is -2.54. The molecule has 7 nitrogen and oxygen atoms in total. The molecule has 166 valence electrons. The van der Waals surface area contributed by atoms with E-state index in [4.69, 9.17) is 4.52 Å². The number of rotatable bonds is 6. The van der Waals surface area contributed by atoms with Crippen molar-refractivity contribution in [2.75, 3.05) is 19.6 Å². The quantitative estimate of drug-likeness (QED) is 0.642. The average Bonchev–Trinajstić information content (AvgIpc) is 3.28. The van der Waals surface area contributed by atoms with Crippen LogP contribution >= 0.6 is 0 Å². The minimum Gasteiger partial charge on any atom is -0.361 e. The van der Waals surface area contributed by atoms with Gasteiger partial charge in [0.25, 0.3) is 5.91 Å². The molecule has 0 bridgehead atoms. The molecule has 0 spiro atoms. The van der Waals surface area contributed by atoms with Crippen LogP contribution in [0.4, 0.5) is 0 Å². The Kier molecular flexibility index (Phi) is 6.35. The molecule has 4 rings (SSSR count). The van der Waals surface area contributed by atoms with E-state index in [1.807, 2.05) is 44.2 Å². The minimum absolute atomic E-state index is 0.0551. The summed E-state index contributed by atoms with van der Waals surface area (Å²) in [6.07, 6.45) is 5.02. The highest BCUT2D eigenvalue weighted by atomic mass is 16.5. The van der Waals surface area contributed by atoms with Crippen molar-refractivity contribution in [2.45, 2.75) is 33.1 Å². The summed E-state index contributed by atoms with van der Waals surface area (Å²) in [5.41, 5.74) is 2.70. The van der Waals surface area contributed by atoms with Gasteiger partial charge < -0.3 is 14.7 Å². The highest BCUT2D eigenvalue weighted by Gasteiger charge is 2.44. The normalized spacial score (nSPS) is 18.4. The molecule has 0 saturated carbocycles. The van der Waals surface area contributed by atoms with Gasteiger partial charge in [-0.1, -0.05) is 35.0 Å². The molecular formula is C25H28N4O3. The molecule has 1 fully saturated rings. The van der Waals surface area contributed by atoms with Crippen LogP contribution in [0.1, 0.15) is 41.4 Å². The molecule has 2 aromatic heterocycles. The molecule has 3 heterocycles. The minimum atomic E-state index is -0.763. The molecule has 7 heteroatoms. The van der Waals surface area contributed by atoms with Crippen molar-refractivity contribution < 1.29 is 14.1 Å². The number of hydrogen-bond acceptors (Lipinski definition) is 5. The van der Waals surface area contributed by atoms with Crippen LogP contribution in [0.3, 0.4) is 0 Å². The fraction of sp³-hybridized carbons (Fsp3) is 0.360. The second-order valence-corrected chi connectivity index (χ2v) is 8.43. The molecule has 1 atom stereocenters. The van der Waals surface area contributed by atoms with Crippen LogP contribution in [-0.4, -0.2) is 46.5 Å². The number of hydrogen-bond donors (Lipinski definition) is 1. The van der Waals surface area contributed by atoms with Crippen molar-refractivity contribution >= 4 is 11.8 Å². The van der Waals surface area contributed by atoms with Crippen LogP contribution in [0.2, 0.25) is 0 Å². The van der Waals surface area contributed by atoms with Gasteiger partial charge in [0, 0.05) is 55.6 Å². The molecule has 1 aliphatic heterocycles. The summed E-state index contributed by atoms with van der Waals surface area (Å²) >= 11 is 0. The molecule has 2 amide bonds. The largest absolute Gasteiger partial charge is 0.361 e. The number of carbonyl (C=O) groups is 2. The standard InChI is InChI=1S/C25H28N4O3/c1-3-27-24(31)25(11-4-14-29(17-25)23(30)20-9-12-26-13-10-20)16-21-15-22(28-32-21)19-7-5-18(2)6-8-19/h5-10,12-13,15H,3-4,11,14,16-17H2,1-2H3,(H,27,31)/t25-/m0/s1. The number of pyridine rings is 1. The summed E-state index contributed by atoms with van der Waals surface area (Å²) in [5.74, 6) is 0.504. The molecule has 0 aliphatic carbocycles. The zero-order valence-electron chi connectivity index (χ0n) is 18.5. The van der Waals surface area contributed by atoms with Gasteiger partial charge in [-0.15, -0.1) is 0 Å². The molecule has 0 unspecified atom stereocenters. The van der Waals surface area contributed by atoms with Crippen LogP contribution in [0.5, 0.6) is 0 Å². The number of aromatic nitrogens is 2. The summed E-state index contributed by atoms with van der Waals surface area (Å²) in [6, 6.07) is 13.4. The Morgan fingerprint density at radius 2 is 1.91 bits per heavy atom. The van der Waals surface area contributed by atoms with Crippen LogP contribution < -0.4 is 5.32 Å². The van der Waals surface area contributed by atoms with Crippen LogP contribution in [0.25, 0.3) is 11.3 Å². The molecule has 0 radical (unpaired) electrons. The number of nitrogens with one attached hydrogen (secondary N) is 1. The van der Waals surface area contributed by atoms with Crippen LogP contribution in [0.15, 0.2) is 59.4 Å². The predicted octanol–water partition coefficient (Wildman–Crippen LogP) is 3.65. The maximum absolute atomic E-state index is 13.2. The number of carbonyl (C=O) groups excluding carboxylic acids is 2. The molecule has 1 aromatic carbocycles. The molecular weight excluding hydrogens is 404 g/mol. The third-order valence-electron chi connectivity index (χ3n) is 6.03. The second kappa shape index (κ2) is 9.34. The SMILES string of the molecule is CCNC(=O)[C@]1(Cc2cc(-c3ccc(C)cc3)no2)CCCN(C(=O)c2ccncc2)C1. The van der Waals surface area contributed by atoms with Crippen molar-refractivity contribution in [1.82, 2.24) is 20.4 Å². The smallest absolute Gasteiger partial charge is 0.253 e. The summed E-state index contributed by atoms with van der Waals surface area (Å²) in [5, 5.41) is 7.20. The Balaban J connectivity index is 1.59. The summed E-state index contributed by atoms with van der Waals surface area (Å²) in [4.78, 5) is 32.0. The van der Waals surface area contributed by atoms with Crippen LogP contribution in [-0.2, 0) is 11.2 Å². The topological polar surface area (TPSA) is 88.3 Å². The number of likely N-dealkylation sites (tertiary alicyclic amines) is 1. The van der Waals surface area contributed by atoms with Gasteiger partial charge in [-0.25, -0.2) is 0 Å². The average molecular weight is 433 g/mol. The number of nitrogens with zero attached hydrogens (tertiary/aromatic N) is 3. The Morgan fingerprint density at radius 3 is 2.62 bits per heavy atom. The van der Waals surface area contributed by atoms with Gasteiger partial charge in [0.15, 0.2) is 0 Å². The zero-order chi connectivity index (χ0) is 22.6. The van der Waals surface area contributed by atoms with E-state index in [2.05, 4.69) is 15.5 Å². The first kappa shape index (κ1) is 21.7.